The summed E-state index contributed by atoms with van der Waals surface area (Å²) in [6.07, 6.45) is 1.32. The van der Waals surface area contributed by atoms with Gasteiger partial charge in [-0.05, 0) is 6.42 Å². The molecule has 92 valence electrons. The third-order valence-corrected chi connectivity index (χ3v) is 3.16. The topological polar surface area (TPSA) is 85.0 Å². The van der Waals surface area contributed by atoms with Crippen LogP contribution in [-0.2, 0) is 14.3 Å². The van der Waals surface area contributed by atoms with Crippen LogP contribution in [0.2, 0.25) is 0 Å². The maximum atomic E-state index is 10.6. The zero-order valence-electron chi connectivity index (χ0n) is 9.22. The summed E-state index contributed by atoms with van der Waals surface area (Å²) in [7, 11) is 0. The zero-order valence-corrected chi connectivity index (χ0v) is 9.22. The van der Waals surface area contributed by atoms with Gasteiger partial charge in [0.2, 0.25) is 0 Å². The van der Waals surface area contributed by atoms with Crippen LogP contribution in [0.25, 0.3) is 0 Å². The van der Waals surface area contributed by atoms with E-state index in [0.717, 1.165) is 19.5 Å². The predicted molar refractivity (Wildman–Crippen MR) is 55.9 cm³/mol. The molecule has 0 amide bonds. The summed E-state index contributed by atoms with van der Waals surface area (Å²) in [6, 6.07) is -0.776. The molecular formula is C10H18N2O4. The lowest BCUT2D eigenvalue weighted by Crippen LogP contribution is -2.37. The molecule has 3 N–H and O–H groups in total. The van der Waals surface area contributed by atoms with Gasteiger partial charge in [0.25, 0.3) is 0 Å². The van der Waals surface area contributed by atoms with Crippen molar-refractivity contribution in [3.8, 4) is 0 Å². The van der Waals surface area contributed by atoms with Crippen LogP contribution in [0, 0.1) is 0 Å². The van der Waals surface area contributed by atoms with Crippen LogP contribution in [0.15, 0.2) is 0 Å². The smallest absolute Gasteiger partial charge is 0.320 e. The van der Waals surface area contributed by atoms with Crippen molar-refractivity contribution in [3.05, 3.63) is 0 Å². The van der Waals surface area contributed by atoms with Crippen molar-refractivity contribution in [1.29, 1.82) is 0 Å². The number of carboxylic acid groups (broad SMARTS) is 1. The molecule has 1 atom stereocenters. The Labute approximate surface area is 94.3 Å². The molecule has 2 aliphatic heterocycles. The number of ether oxygens (including phenoxy) is 2. The lowest BCUT2D eigenvalue weighted by Gasteiger charge is -2.22. The molecule has 0 aromatic rings. The van der Waals surface area contributed by atoms with Gasteiger partial charge in [0.05, 0.1) is 19.8 Å². The number of hydrogen-bond acceptors (Lipinski definition) is 5. The minimum atomic E-state index is -0.942. The monoisotopic (exact) mass is 230 g/mol. The van der Waals surface area contributed by atoms with Crippen molar-refractivity contribution >= 4 is 5.97 Å². The van der Waals surface area contributed by atoms with Gasteiger partial charge in [-0.15, -0.1) is 0 Å². The SMILES string of the molecule is N[C@H](CCN1CCC2(C1)OCCO2)C(=O)O. The van der Waals surface area contributed by atoms with E-state index in [1.807, 2.05) is 0 Å². The minimum absolute atomic E-state index is 0.423. The molecule has 0 aromatic heterocycles. The fourth-order valence-corrected chi connectivity index (χ4v) is 2.20. The zero-order chi connectivity index (χ0) is 11.6. The molecule has 0 radical (unpaired) electrons. The van der Waals surface area contributed by atoms with Crippen LogP contribution in [0.5, 0.6) is 0 Å². The van der Waals surface area contributed by atoms with Gasteiger partial charge < -0.3 is 20.3 Å². The minimum Gasteiger partial charge on any atom is -0.480 e. The first-order chi connectivity index (χ1) is 7.61. The van der Waals surface area contributed by atoms with Crippen molar-refractivity contribution in [2.24, 2.45) is 5.73 Å². The van der Waals surface area contributed by atoms with Crippen molar-refractivity contribution in [1.82, 2.24) is 4.90 Å². The molecule has 0 aromatic carbocycles. The Balaban J connectivity index is 1.74. The van der Waals surface area contributed by atoms with Gasteiger partial charge in [-0.2, -0.15) is 0 Å². The van der Waals surface area contributed by atoms with Crippen molar-refractivity contribution in [2.75, 3.05) is 32.8 Å². The molecule has 0 saturated carbocycles. The van der Waals surface area contributed by atoms with E-state index < -0.39 is 17.8 Å². The highest BCUT2D eigenvalue weighted by molar-refractivity contribution is 5.72. The normalized spacial score (nSPS) is 26.3. The van der Waals surface area contributed by atoms with Gasteiger partial charge in [0.1, 0.15) is 6.04 Å². The van der Waals surface area contributed by atoms with Gasteiger partial charge in [0.15, 0.2) is 5.79 Å². The third kappa shape index (κ3) is 2.52. The number of rotatable bonds is 4. The Kier molecular flexibility index (Phi) is 3.44. The van der Waals surface area contributed by atoms with E-state index in [1.165, 1.54) is 0 Å². The lowest BCUT2D eigenvalue weighted by molar-refractivity contribution is -0.145. The van der Waals surface area contributed by atoms with Gasteiger partial charge >= 0.3 is 5.97 Å². The summed E-state index contributed by atoms with van der Waals surface area (Å²) >= 11 is 0. The average molecular weight is 230 g/mol. The molecule has 2 saturated heterocycles. The first-order valence-electron chi connectivity index (χ1n) is 5.60. The first-order valence-corrected chi connectivity index (χ1v) is 5.60. The molecule has 0 bridgehead atoms. The van der Waals surface area contributed by atoms with Crippen LogP contribution >= 0.6 is 0 Å². The summed E-state index contributed by atoms with van der Waals surface area (Å²) in [6.45, 7) is 3.60. The van der Waals surface area contributed by atoms with Crippen LogP contribution < -0.4 is 5.73 Å². The van der Waals surface area contributed by atoms with E-state index >= 15 is 0 Å². The quantitative estimate of drug-likeness (QED) is 0.660. The second kappa shape index (κ2) is 4.67. The van der Waals surface area contributed by atoms with E-state index in [1.54, 1.807) is 0 Å². The molecular weight excluding hydrogens is 212 g/mol. The molecule has 2 heterocycles. The Morgan fingerprint density at radius 3 is 2.81 bits per heavy atom. The molecule has 6 nitrogen and oxygen atoms in total. The van der Waals surface area contributed by atoms with Crippen molar-refractivity contribution in [3.63, 3.8) is 0 Å². The summed E-state index contributed by atoms with van der Waals surface area (Å²) in [5.41, 5.74) is 5.45. The molecule has 2 aliphatic rings. The van der Waals surface area contributed by atoms with Gasteiger partial charge in [-0.3, -0.25) is 9.69 Å². The van der Waals surface area contributed by atoms with Crippen LogP contribution in [-0.4, -0.2) is 60.7 Å². The molecule has 2 rings (SSSR count). The summed E-state index contributed by atoms with van der Waals surface area (Å²) in [4.78, 5) is 12.7. The third-order valence-electron chi connectivity index (χ3n) is 3.16. The number of carboxylic acids is 1. The highest BCUT2D eigenvalue weighted by Gasteiger charge is 2.43. The number of nitrogens with zero attached hydrogens (tertiary/aromatic N) is 1. The first kappa shape index (κ1) is 11.8. The van der Waals surface area contributed by atoms with Crippen LogP contribution in [0.3, 0.4) is 0 Å². The molecule has 6 heteroatoms. The second-order valence-corrected chi connectivity index (χ2v) is 4.37. The second-order valence-electron chi connectivity index (χ2n) is 4.37. The van der Waals surface area contributed by atoms with Crippen LogP contribution in [0.4, 0.5) is 0 Å². The average Bonchev–Trinajstić information content (AvgIpc) is 2.86. The van der Waals surface area contributed by atoms with Gasteiger partial charge in [-0.25, -0.2) is 0 Å². The van der Waals surface area contributed by atoms with E-state index in [4.69, 9.17) is 20.3 Å². The Bertz CT molecular complexity index is 266. The van der Waals surface area contributed by atoms with E-state index in [2.05, 4.69) is 4.90 Å². The largest absolute Gasteiger partial charge is 0.480 e. The fourth-order valence-electron chi connectivity index (χ4n) is 2.20. The number of aliphatic carboxylic acids is 1. The highest BCUT2D eigenvalue weighted by atomic mass is 16.7. The summed E-state index contributed by atoms with van der Waals surface area (Å²) in [5.74, 6) is -1.37. The number of nitrogens with two attached hydrogens (primary N) is 1. The molecule has 0 aliphatic carbocycles. The Hall–Kier alpha value is -0.690. The Morgan fingerprint density at radius 1 is 1.50 bits per heavy atom. The standard InChI is InChI=1S/C10H18N2O4/c11-8(9(13)14)1-3-12-4-2-10(7-12)15-5-6-16-10/h8H,1-7,11H2,(H,13,14)/t8-/m1/s1. The molecule has 0 unspecified atom stereocenters. The maximum Gasteiger partial charge on any atom is 0.320 e. The highest BCUT2D eigenvalue weighted by Crippen LogP contribution is 2.30. The summed E-state index contributed by atoms with van der Waals surface area (Å²) in [5, 5.41) is 8.67. The molecule has 1 spiro atoms. The maximum absolute atomic E-state index is 10.6. The number of likely N-dealkylation sites (tertiary alicyclic amines) is 1. The molecule has 16 heavy (non-hydrogen) atoms. The van der Waals surface area contributed by atoms with E-state index in [9.17, 15) is 4.79 Å². The van der Waals surface area contributed by atoms with Gasteiger partial charge in [0, 0.05) is 19.5 Å². The number of hydrogen-bond donors (Lipinski definition) is 2. The van der Waals surface area contributed by atoms with Crippen LogP contribution in [0.1, 0.15) is 12.8 Å². The van der Waals surface area contributed by atoms with E-state index in [-0.39, 0.29) is 0 Å². The van der Waals surface area contributed by atoms with Gasteiger partial charge in [-0.1, -0.05) is 0 Å². The molecule has 2 fully saturated rings. The lowest BCUT2D eigenvalue weighted by atomic mass is 10.2. The number of carbonyl (C=O) groups is 1. The van der Waals surface area contributed by atoms with E-state index in [0.29, 0.717) is 26.2 Å². The van der Waals surface area contributed by atoms with Crippen molar-refractivity contribution in [2.45, 2.75) is 24.7 Å². The fraction of sp³-hybridized carbons (Fsp3) is 0.900. The predicted octanol–water partition coefficient (Wildman–Crippen LogP) is -0.763. The van der Waals surface area contributed by atoms with Crippen molar-refractivity contribution < 1.29 is 19.4 Å². The Morgan fingerprint density at radius 2 is 2.19 bits per heavy atom. The summed E-state index contributed by atoms with van der Waals surface area (Å²) < 4.78 is 11.1.